The quantitative estimate of drug-likeness (QED) is 0.820. The van der Waals surface area contributed by atoms with E-state index in [1.165, 1.54) is 16.4 Å². The minimum Gasteiger partial charge on any atom is -0.207 e. The summed E-state index contributed by atoms with van der Waals surface area (Å²) in [5.74, 6) is -0.218. The van der Waals surface area contributed by atoms with Gasteiger partial charge in [-0.2, -0.15) is 4.31 Å². The third-order valence-electron chi connectivity index (χ3n) is 3.57. The predicted molar refractivity (Wildman–Crippen MR) is 73.7 cm³/mol. The molecule has 0 spiro atoms. The van der Waals surface area contributed by atoms with Crippen LogP contribution in [0.4, 0.5) is 4.39 Å². The Morgan fingerprint density at radius 1 is 1.26 bits per heavy atom. The fourth-order valence-corrected chi connectivity index (χ4v) is 4.31. The molecule has 0 bridgehead atoms. The molecule has 0 aromatic heterocycles. The largest absolute Gasteiger partial charge is 0.246 e. The molecule has 0 atom stereocenters. The monoisotopic (exact) mass is 347 g/mol. The van der Waals surface area contributed by atoms with Crippen LogP contribution in [-0.2, 0) is 10.0 Å². The first kappa shape index (κ1) is 13.5. The van der Waals surface area contributed by atoms with Gasteiger partial charge in [-0.05, 0) is 49.8 Å². The van der Waals surface area contributed by atoms with Gasteiger partial charge in [0.2, 0.25) is 10.0 Å². The number of hydrogen-bond acceptors (Lipinski definition) is 2. The van der Waals surface area contributed by atoms with Crippen molar-refractivity contribution in [1.29, 1.82) is 0 Å². The second-order valence-corrected chi connectivity index (χ2v) is 8.10. The summed E-state index contributed by atoms with van der Waals surface area (Å²) < 4.78 is 41.1. The zero-order valence-corrected chi connectivity index (χ0v) is 12.8. The highest BCUT2D eigenvalue weighted by atomic mass is 79.9. The lowest BCUT2D eigenvalue weighted by atomic mass is 10.3. The van der Waals surface area contributed by atoms with Gasteiger partial charge in [0.15, 0.2) is 0 Å². The van der Waals surface area contributed by atoms with Crippen molar-refractivity contribution >= 4 is 26.0 Å². The summed E-state index contributed by atoms with van der Waals surface area (Å²) in [5.41, 5.74) is 0. The lowest BCUT2D eigenvalue weighted by Gasteiger charge is -2.22. The standard InChI is InChI=1S/C13H15BrFNO2S/c14-10-3-6-13(12(15)7-10)19(17,18)16(11-4-5-11)8-9-1-2-9/h3,6-7,9,11H,1-2,4-5,8H2. The van der Waals surface area contributed by atoms with E-state index < -0.39 is 15.8 Å². The van der Waals surface area contributed by atoms with Crippen LogP contribution in [0.5, 0.6) is 0 Å². The molecule has 2 aliphatic rings. The average Bonchev–Trinajstić information content (AvgIpc) is 3.19. The minimum absolute atomic E-state index is 0.0775. The Labute approximate surface area is 121 Å². The van der Waals surface area contributed by atoms with Gasteiger partial charge in [-0.1, -0.05) is 15.9 Å². The van der Waals surface area contributed by atoms with Crippen LogP contribution in [0.1, 0.15) is 25.7 Å². The van der Waals surface area contributed by atoms with Crippen LogP contribution in [0.25, 0.3) is 0 Å². The SMILES string of the molecule is O=S(=O)(c1ccc(Br)cc1F)N(CC1CC1)C1CC1. The molecule has 0 saturated heterocycles. The zero-order chi connectivity index (χ0) is 13.6. The van der Waals surface area contributed by atoms with Gasteiger partial charge >= 0.3 is 0 Å². The molecular formula is C13H15BrFNO2S. The second kappa shape index (κ2) is 4.82. The maximum absolute atomic E-state index is 13.9. The third-order valence-corrected chi connectivity index (χ3v) is 6.01. The van der Waals surface area contributed by atoms with Crippen molar-refractivity contribution in [2.24, 2.45) is 5.92 Å². The van der Waals surface area contributed by atoms with Crippen molar-refractivity contribution in [3.8, 4) is 0 Å². The van der Waals surface area contributed by atoms with Crippen LogP contribution in [0.15, 0.2) is 27.6 Å². The molecule has 3 nitrogen and oxygen atoms in total. The zero-order valence-electron chi connectivity index (χ0n) is 10.4. The van der Waals surface area contributed by atoms with Gasteiger partial charge in [0.1, 0.15) is 10.7 Å². The van der Waals surface area contributed by atoms with Gasteiger partial charge in [-0.15, -0.1) is 0 Å². The van der Waals surface area contributed by atoms with Gasteiger partial charge in [0.25, 0.3) is 0 Å². The van der Waals surface area contributed by atoms with E-state index in [0.29, 0.717) is 16.9 Å². The van der Waals surface area contributed by atoms with Gasteiger partial charge in [0.05, 0.1) is 0 Å². The molecule has 2 saturated carbocycles. The fraction of sp³-hybridized carbons (Fsp3) is 0.538. The number of nitrogens with zero attached hydrogens (tertiary/aromatic N) is 1. The van der Waals surface area contributed by atoms with Gasteiger partial charge in [-0.3, -0.25) is 0 Å². The first-order chi connectivity index (χ1) is 8.98. The summed E-state index contributed by atoms with van der Waals surface area (Å²) in [6.07, 6.45) is 3.96. The summed E-state index contributed by atoms with van der Waals surface area (Å²) >= 11 is 3.14. The van der Waals surface area contributed by atoms with Crippen molar-refractivity contribution in [2.45, 2.75) is 36.6 Å². The maximum atomic E-state index is 13.9. The molecule has 1 aromatic carbocycles. The van der Waals surface area contributed by atoms with E-state index in [2.05, 4.69) is 15.9 Å². The van der Waals surface area contributed by atoms with E-state index in [9.17, 15) is 12.8 Å². The Kier molecular flexibility index (Phi) is 3.43. The lowest BCUT2D eigenvalue weighted by molar-refractivity contribution is 0.386. The maximum Gasteiger partial charge on any atom is 0.246 e. The first-order valence-corrected chi connectivity index (χ1v) is 8.68. The molecule has 6 heteroatoms. The number of benzene rings is 1. The lowest BCUT2D eigenvalue weighted by Crippen LogP contribution is -2.35. The van der Waals surface area contributed by atoms with E-state index >= 15 is 0 Å². The Morgan fingerprint density at radius 2 is 1.95 bits per heavy atom. The molecule has 19 heavy (non-hydrogen) atoms. The third kappa shape index (κ3) is 2.85. The van der Waals surface area contributed by atoms with Gasteiger partial charge in [-0.25, -0.2) is 12.8 Å². The topological polar surface area (TPSA) is 37.4 Å². The predicted octanol–water partition coefficient (Wildman–Crippen LogP) is 3.15. The Hall–Kier alpha value is -0.460. The number of halogens is 2. The van der Waals surface area contributed by atoms with Gasteiger partial charge < -0.3 is 0 Å². The molecule has 0 aliphatic heterocycles. The molecular weight excluding hydrogens is 333 g/mol. The highest BCUT2D eigenvalue weighted by Gasteiger charge is 2.41. The van der Waals surface area contributed by atoms with E-state index in [1.54, 1.807) is 6.07 Å². The summed E-state index contributed by atoms with van der Waals surface area (Å²) in [6.45, 7) is 0.544. The van der Waals surface area contributed by atoms with Crippen LogP contribution >= 0.6 is 15.9 Å². The van der Waals surface area contributed by atoms with E-state index in [-0.39, 0.29) is 10.9 Å². The van der Waals surface area contributed by atoms with Crippen molar-refractivity contribution in [3.63, 3.8) is 0 Å². The number of hydrogen-bond donors (Lipinski definition) is 0. The Morgan fingerprint density at radius 3 is 2.47 bits per heavy atom. The molecule has 104 valence electrons. The van der Waals surface area contributed by atoms with Crippen LogP contribution in [-0.4, -0.2) is 25.3 Å². The van der Waals surface area contributed by atoms with Crippen LogP contribution in [0, 0.1) is 11.7 Å². The first-order valence-electron chi connectivity index (χ1n) is 6.45. The van der Waals surface area contributed by atoms with E-state index in [0.717, 1.165) is 25.7 Å². The second-order valence-electron chi connectivity index (χ2n) is 5.32. The van der Waals surface area contributed by atoms with E-state index in [4.69, 9.17) is 0 Å². The molecule has 0 amide bonds. The molecule has 1 aromatic rings. The van der Waals surface area contributed by atoms with Crippen LogP contribution in [0.3, 0.4) is 0 Å². The molecule has 0 unspecified atom stereocenters. The molecule has 2 aliphatic carbocycles. The molecule has 0 heterocycles. The average molecular weight is 348 g/mol. The summed E-state index contributed by atoms with van der Waals surface area (Å²) in [5, 5.41) is 0. The van der Waals surface area contributed by atoms with Crippen molar-refractivity contribution < 1.29 is 12.8 Å². The van der Waals surface area contributed by atoms with Crippen molar-refractivity contribution in [1.82, 2.24) is 4.31 Å². The van der Waals surface area contributed by atoms with Crippen LogP contribution in [0.2, 0.25) is 0 Å². The fourth-order valence-electron chi connectivity index (χ4n) is 2.17. The summed E-state index contributed by atoms with van der Waals surface area (Å²) in [6, 6.07) is 4.19. The Balaban J connectivity index is 1.94. The smallest absolute Gasteiger partial charge is 0.207 e. The normalized spacial score (nSPS) is 19.9. The number of sulfonamides is 1. The molecule has 3 rings (SSSR count). The Bertz CT molecular complexity index is 597. The van der Waals surface area contributed by atoms with E-state index in [1.807, 2.05) is 0 Å². The number of rotatable bonds is 5. The highest BCUT2D eigenvalue weighted by Crippen LogP contribution is 2.38. The highest BCUT2D eigenvalue weighted by molar-refractivity contribution is 9.10. The van der Waals surface area contributed by atoms with Crippen molar-refractivity contribution in [2.75, 3.05) is 6.54 Å². The minimum atomic E-state index is -3.70. The van der Waals surface area contributed by atoms with Crippen molar-refractivity contribution in [3.05, 3.63) is 28.5 Å². The summed E-state index contributed by atoms with van der Waals surface area (Å²) in [7, 11) is -3.70. The van der Waals surface area contributed by atoms with Crippen LogP contribution < -0.4 is 0 Å². The molecule has 0 N–H and O–H groups in total. The van der Waals surface area contributed by atoms with Gasteiger partial charge in [0, 0.05) is 17.1 Å². The summed E-state index contributed by atoms with van der Waals surface area (Å²) in [4.78, 5) is -0.205. The molecule has 2 fully saturated rings. The molecule has 0 radical (unpaired) electrons.